The van der Waals surface area contributed by atoms with Crippen LogP contribution in [0.2, 0.25) is 0 Å². The molecule has 18 heavy (non-hydrogen) atoms. The summed E-state index contributed by atoms with van der Waals surface area (Å²) in [6, 6.07) is -0.240. The van der Waals surface area contributed by atoms with Crippen LogP contribution in [-0.2, 0) is 9.59 Å². The Balaban J connectivity index is 2.64. The molecule has 0 aromatic rings. The van der Waals surface area contributed by atoms with Gasteiger partial charge in [0.1, 0.15) is 6.54 Å². The third-order valence-electron chi connectivity index (χ3n) is 3.28. The number of hydrogen-bond donors (Lipinski definition) is 1. The molecule has 0 spiro atoms. The molecule has 0 aromatic carbocycles. The molecule has 0 unspecified atom stereocenters. The Morgan fingerprint density at radius 3 is 2.22 bits per heavy atom. The van der Waals surface area contributed by atoms with Gasteiger partial charge < -0.3 is 10.0 Å². The number of carboxylic acids is 1. The number of hydrogen-bond acceptors (Lipinski definition) is 2. The summed E-state index contributed by atoms with van der Waals surface area (Å²) in [5, 5.41) is 8.75. The highest BCUT2D eigenvalue weighted by atomic mass is 19.3. The Labute approximate surface area is 105 Å². The zero-order valence-electron chi connectivity index (χ0n) is 10.7. The number of nitrogens with zero attached hydrogens (tertiary/aromatic N) is 1. The van der Waals surface area contributed by atoms with E-state index in [1.54, 1.807) is 13.8 Å². The molecule has 0 saturated heterocycles. The van der Waals surface area contributed by atoms with Crippen molar-refractivity contribution in [2.45, 2.75) is 51.5 Å². The van der Waals surface area contributed by atoms with E-state index in [2.05, 4.69) is 0 Å². The Hall–Kier alpha value is -1.20. The second kappa shape index (κ2) is 5.63. The lowest BCUT2D eigenvalue weighted by molar-refractivity contribution is -0.150. The molecule has 0 bridgehead atoms. The maximum Gasteiger partial charge on any atom is 0.323 e. The molecular formula is C12H19F2NO3. The van der Waals surface area contributed by atoms with Crippen LogP contribution in [0.3, 0.4) is 0 Å². The van der Waals surface area contributed by atoms with Gasteiger partial charge in [0.05, 0.1) is 0 Å². The predicted molar refractivity (Wildman–Crippen MR) is 61.4 cm³/mol. The van der Waals surface area contributed by atoms with Gasteiger partial charge in [-0.05, 0) is 26.7 Å². The molecule has 104 valence electrons. The molecule has 0 heterocycles. The Morgan fingerprint density at radius 1 is 1.33 bits per heavy atom. The lowest BCUT2D eigenvalue weighted by Gasteiger charge is -2.33. The van der Waals surface area contributed by atoms with Crippen LogP contribution < -0.4 is 0 Å². The van der Waals surface area contributed by atoms with Gasteiger partial charge in [0, 0.05) is 24.8 Å². The van der Waals surface area contributed by atoms with Gasteiger partial charge in [0.2, 0.25) is 11.8 Å². The lowest BCUT2D eigenvalue weighted by Crippen LogP contribution is -2.45. The van der Waals surface area contributed by atoms with E-state index < -0.39 is 17.8 Å². The summed E-state index contributed by atoms with van der Waals surface area (Å²) in [7, 11) is 0. The van der Waals surface area contributed by atoms with Crippen molar-refractivity contribution in [3.63, 3.8) is 0 Å². The predicted octanol–water partition coefficient (Wildman–Crippen LogP) is 2.13. The van der Waals surface area contributed by atoms with Gasteiger partial charge in [-0.15, -0.1) is 0 Å². The summed E-state index contributed by atoms with van der Waals surface area (Å²) >= 11 is 0. The van der Waals surface area contributed by atoms with Crippen LogP contribution in [0.25, 0.3) is 0 Å². The van der Waals surface area contributed by atoms with Gasteiger partial charge in [-0.1, -0.05) is 0 Å². The minimum atomic E-state index is -2.67. The van der Waals surface area contributed by atoms with E-state index in [0.717, 1.165) is 0 Å². The average Bonchev–Trinajstić information content (AvgIpc) is 2.24. The molecule has 1 saturated carbocycles. The number of aliphatic carboxylic acids is 1. The minimum Gasteiger partial charge on any atom is -0.480 e. The van der Waals surface area contributed by atoms with E-state index in [1.165, 1.54) is 4.90 Å². The van der Waals surface area contributed by atoms with Crippen LogP contribution in [0.15, 0.2) is 0 Å². The van der Waals surface area contributed by atoms with Gasteiger partial charge >= 0.3 is 5.97 Å². The molecule has 1 fully saturated rings. The van der Waals surface area contributed by atoms with E-state index in [1.807, 2.05) is 0 Å². The molecule has 1 N–H and O–H groups in total. The van der Waals surface area contributed by atoms with Crippen LogP contribution in [0.4, 0.5) is 8.78 Å². The number of rotatable bonds is 4. The summed E-state index contributed by atoms with van der Waals surface area (Å²) in [5.74, 6) is -4.54. The number of carbonyl (C=O) groups excluding carboxylic acids is 1. The van der Waals surface area contributed by atoms with Crippen molar-refractivity contribution < 1.29 is 23.5 Å². The fourth-order valence-corrected chi connectivity index (χ4v) is 2.18. The minimum absolute atomic E-state index is 0.134. The summed E-state index contributed by atoms with van der Waals surface area (Å²) in [4.78, 5) is 24.0. The molecular weight excluding hydrogens is 244 g/mol. The van der Waals surface area contributed by atoms with Crippen molar-refractivity contribution >= 4 is 11.9 Å². The smallest absolute Gasteiger partial charge is 0.323 e. The van der Waals surface area contributed by atoms with Crippen LogP contribution in [0, 0.1) is 5.92 Å². The Morgan fingerprint density at radius 2 is 1.83 bits per heavy atom. The zero-order valence-corrected chi connectivity index (χ0v) is 10.7. The quantitative estimate of drug-likeness (QED) is 0.845. The standard InChI is InChI=1S/C12H19F2NO3/c1-8(2)15(7-10(16)17)11(18)9-3-5-12(13,14)6-4-9/h8-9H,3-7H2,1-2H3,(H,16,17). The topological polar surface area (TPSA) is 57.6 Å². The van der Waals surface area contributed by atoms with Gasteiger partial charge in [0.15, 0.2) is 0 Å². The first-order chi connectivity index (χ1) is 8.23. The van der Waals surface area contributed by atoms with Crippen molar-refractivity contribution in [3.8, 4) is 0 Å². The van der Waals surface area contributed by atoms with E-state index in [9.17, 15) is 18.4 Å². The van der Waals surface area contributed by atoms with E-state index >= 15 is 0 Å². The second-order valence-electron chi connectivity index (χ2n) is 5.08. The van der Waals surface area contributed by atoms with Crippen molar-refractivity contribution in [1.82, 2.24) is 4.90 Å². The molecule has 1 rings (SSSR count). The summed E-state index contributed by atoms with van der Waals surface area (Å²) in [6.07, 6.45) is -0.311. The summed E-state index contributed by atoms with van der Waals surface area (Å²) in [6.45, 7) is 3.07. The van der Waals surface area contributed by atoms with Crippen LogP contribution in [-0.4, -0.2) is 40.4 Å². The molecule has 0 aliphatic heterocycles. The highest BCUT2D eigenvalue weighted by Crippen LogP contribution is 2.36. The van der Waals surface area contributed by atoms with E-state index in [4.69, 9.17) is 5.11 Å². The van der Waals surface area contributed by atoms with Gasteiger partial charge in [0.25, 0.3) is 0 Å². The molecule has 1 aliphatic rings. The molecule has 1 aliphatic carbocycles. The molecule has 1 amide bonds. The van der Waals surface area contributed by atoms with Gasteiger partial charge in [-0.2, -0.15) is 0 Å². The summed E-state index contributed by atoms with van der Waals surface area (Å²) < 4.78 is 26.0. The van der Waals surface area contributed by atoms with Gasteiger partial charge in [-0.25, -0.2) is 8.78 Å². The highest BCUT2D eigenvalue weighted by Gasteiger charge is 2.39. The monoisotopic (exact) mass is 263 g/mol. The maximum atomic E-state index is 13.0. The average molecular weight is 263 g/mol. The first kappa shape index (κ1) is 14.9. The second-order valence-corrected chi connectivity index (χ2v) is 5.08. The van der Waals surface area contributed by atoms with Gasteiger partial charge in [-0.3, -0.25) is 9.59 Å². The lowest BCUT2D eigenvalue weighted by atomic mass is 9.85. The third kappa shape index (κ3) is 3.92. The molecule has 0 atom stereocenters. The van der Waals surface area contributed by atoms with Crippen LogP contribution >= 0.6 is 0 Å². The number of halogens is 2. The molecule has 0 aromatic heterocycles. The SMILES string of the molecule is CC(C)N(CC(=O)O)C(=O)C1CCC(F)(F)CC1. The number of carbonyl (C=O) groups is 2. The van der Waals surface area contributed by atoms with E-state index in [-0.39, 0.29) is 44.2 Å². The van der Waals surface area contributed by atoms with E-state index in [0.29, 0.717) is 0 Å². The van der Waals surface area contributed by atoms with Crippen molar-refractivity contribution in [2.24, 2.45) is 5.92 Å². The summed E-state index contributed by atoms with van der Waals surface area (Å²) in [5.41, 5.74) is 0. The first-order valence-corrected chi connectivity index (χ1v) is 6.13. The molecule has 0 radical (unpaired) electrons. The number of amides is 1. The fourth-order valence-electron chi connectivity index (χ4n) is 2.18. The Bertz CT molecular complexity index is 321. The number of carboxylic acid groups (broad SMARTS) is 1. The number of alkyl halides is 2. The normalized spacial score (nSPS) is 19.8. The van der Waals surface area contributed by atoms with Crippen LogP contribution in [0.5, 0.6) is 0 Å². The molecule has 6 heteroatoms. The van der Waals surface area contributed by atoms with Crippen molar-refractivity contribution in [2.75, 3.05) is 6.54 Å². The highest BCUT2D eigenvalue weighted by molar-refractivity contribution is 5.83. The Kier molecular flexibility index (Phi) is 4.65. The third-order valence-corrected chi connectivity index (χ3v) is 3.28. The van der Waals surface area contributed by atoms with Crippen molar-refractivity contribution in [3.05, 3.63) is 0 Å². The van der Waals surface area contributed by atoms with Crippen molar-refractivity contribution in [1.29, 1.82) is 0 Å². The fraction of sp³-hybridized carbons (Fsp3) is 0.833. The molecule has 4 nitrogen and oxygen atoms in total. The maximum absolute atomic E-state index is 13.0. The zero-order chi connectivity index (χ0) is 13.9. The van der Waals surface area contributed by atoms with Crippen LogP contribution in [0.1, 0.15) is 39.5 Å². The largest absolute Gasteiger partial charge is 0.480 e. The first-order valence-electron chi connectivity index (χ1n) is 6.13.